The Hall–Kier alpha value is -1.81. The second-order valence-corrected chi connectivity index (χ2v) is 5.15. The SMILES string of the molecule is CNC(C(=O)O)c1ccc2[nH]c3c(c2c1)CCCC3. The van der Waals surface area contributed by atoms with E-state index < -0.39 is 12.0 Å². The smallest absolute Gasteiger partial charge is 0.325 e. The minimum atomic E-state index is -0.841. The van der Waals surface area contributed by atoms with Crippen LogP contribution in [0.4, 0.5) is 0 Å². The number of carbonyl (C=O) groups is 1. The van der Waals surface area contributed by atoms with E-state index in [1.54, 1.807) is 7.05 Å². The summed E-state index contributed by atoms with van der Waals surface area (Å²) in [7, 11) is 1.68. The number of carboxylic acids is 1. The Bertz CT molecular complexity index is 630. The molecule has 0 bridgehead atoms. The molecule has 2 aromatic rings. The first-order valence-electron chi connectivity index (χ1n) is 6.74. The summed E-state index contributed by atoms with van der Waals surface area (Å²) < 4.78 is 0. The molecule has 1 unspecified atom stereocenters. The molecule has 1 aliphatic rings. The van der Waals surface area contributed by atoms with Crippen LogP contribution in [-0.2, 0) is 17.6 Å². The van der Waals surface area contributed by atoms with Gasteiger partial charge in [0.15, 0.2) is 0 Å². The Labute approximate surface area is 111 Å². The van der Waals surface area contributed by atoms with Crippen molar-refractivity contribution in [2.45, 2.75) is 31.7 Å². The van der Waals surface area contributed by atoms with Gasteiger partial charge in [-0.2, -0.15) is 0 Å². The zero-order chi connectivity index (χ0) is 13.4. The molecule has 4 heteroatoms. The molecular weight excluding hydrogens is 240 g/mol. The van der Waals surface area contributed by atoms with Gasteiger partial charge >= 0.3 is 5.97 Å². The Morgan fingerprint density at radius 3 is 2.89 bits per heavy atom. The molecule has 0 aliphatic heterocycles. The molecule has 1 aromatic carbocycles. The number of aryl methyl sites for hydroxylation is 2. The van der Waals surface area contributed by atoms with E-state index in [1.165, 1.54) is 29.5 Å². The monoisotopic (exact) mass is 258 g/mol. The first kappa shape index (κ1) is 12.2. The summed E-state index contributed by atoms with van der Waals surface area (Å²) in [5, 5.41) is 13.3. The summed E-state index contributed by atoms with van der Waals surface area (Å²) >= 11 is 0. The van der Waals surface area contributed by atoms with Crippen molar-refractivity contribution in [3.8, 4) is 0 Å². The van der Waals surface area contributed by atoms with Crippen molar-refractivity contribution in [3.05, 3.63) is 35.0 Å². The lowest BCUT2D eigenvalue weighted by Crippen LogP contribution is -2.24. The molecule has 19 heavy (non-hydrogen) atoms. The van der Waals surface area contributed by atoms with Crippen LogP contribution in [0, 0.1) is 0 Å². The van der Waals surface area contributed by atoms with Crippen LogP contribution in [0.1, 0.15) is 35.7 Å². The highest BCUT2D eigenvalue weighted by molar-refractivity contribution is 5.87. The Morgan fingerprint density at radius 2 is 2.16 bits per heavy atom. The van der Waals surface area contributed by atoms with E-state index in [1.807, 2.05) is 18.2 Å². The van der Waals surface area contributed by atoms with Crippen molar-refractivity contribution in [2.24, 2.45) is 0 Å². The first-order chi connectivity index (χ1) is 9.20. The Balaban J connectivity index is 2.11. The van der Waals surface area contributed by atoms with Gasteiger partial charge in [0.2, 0.25) is 0 Å². The third-order valence-electron chi connectivity index (χ3n) is 3.99. The molecule has 0 saturated carbocycles. The summed E-state index contributed by atoms with van der Waals surface area (Å²) in [4.78, 5) is 14.7. The van der Waals surface area contributed by atoms with E-state index in [9.17, 15) is 9.90 Å². The molecule has 4 nitrogen and oxygen atoms in total. The average Bonchev–Trinajstić information content (AvgIpc) is 2.77. The Kier molecular flexibility index (Phi) is 3.03. The van der Waals surface area contributed by atoms with Crippen LogP contribution in [0.25, 0.3) is 10.9 Å². The van der Waals surface area contributed by atoms with Crippen LogP contribution < -0.4 is 5.32 Å². The van der Waals surface area contributed by atoms with Gasteiger partial charge in [0.1, 0.15) is 6.04 Å². The third-order valence-corrected chi connectivity index (χ3v) is 3.99. The average molecular weight is 258 g/mol. The van der Waals surface area contributed by atoms with Gasteiger partial charge < -0.3 is 15.4 Å². The maximum atomic E-state index is 11.2. The number of aromatic amines is 1. The van der Waals surface area contributed by atoms with Gasteiger partial charge in [-0.15, -0.1) is 0 Å². The number of aliphatic carboxylic acids is 1. The van der Waals surface area contributed by atoms with Crippen molar-refractivity contribution >= 4 is 16.9 Å². The summed E-state index contributed by atoms with van der Waals surface area (Å²) in [6, 6.07) is 5.26. The molecule has 0 saturated heterocycles. The molecule has 3 N–H and O–H groups in total. The molecule has 0 spiro atoms. The van der Waals surface area contributed by atoms with Gasteiger partial charge in [-0.1, -0.05) is 6.07 Å². The third kappa shape index (κ3) is 2.02. The fraction of sp³-hybridized carbons (Fsp3) is 0.400. The number of nitrogens with one attached hydrogen (secondary N) is 2. The lowest BCUT2D eigenvalue weighted by atomic mass is 9.94. The summed E-state index contributed by atoms with van der Waals surface area (Å²) in [6.07, 6.45) is 4.66. The van der Waals surface area contributed by atoms with E-state index in [-0.39, 0.29) is 0 Å². The number of H-pyrrole nitrogens is 1. The standard InChI is InChI=1S/C15H18N2O2/c1-16-14(15(18)19)9-6-7-13-11(8-9)10-4-2-3-5-12(10)17-13/h6-8,14,16-17H,2-5H2,1H3,(H,18,19). The highest BCUT2D eigenvalue weighted by atomic mass is 16.4. The van der Waals surface area contributed by atoms with Crippen LogP contribution in [-0.4, -0.2) is 23.1 Å². The number of hydrogen-bond acceptors (Lipinski definition) is 2. The van der Waals surface area contributed by atoms with Crippen molar-refractivity contribution in [1.82, 2.24) is 10.3 Å². The minimum absolute atomic E-state index is 0.640. The zero-order valence-corrected chi connectivity index (χ0v) is 11.0. The predicted molar refractivity (Wildman–Crippen MR) is 74.4 cm³/mol. The topological polar surface area (TPSA) is 65.1 Å². The lowest BCUT2D eigenvalue weighted by Gasteiger charge is -2.13. The molecule has 1 atom stereocenters. The number of aromatic nitrogens is 1. The van der Waals surface area contributed by atoms with Gasteiger partial charge in [-0.05, 0) is 56.0 Å². The van der Waals surface area contributed by atoms with Crippen LogP contribution >= 0.6 is 0 Å². The van der Waals surface area contributed by atoms with Crippen molar-refractivity contribution in [2.75, 3.05) is 7.05 Å². The van der Waals surface area contributed by atoms with Gasteiger partial charge in [0, 0.05) is 16.6 Å². The molecule has 0 amide bonds. The molecule has 3 rings (SSSR count). The van der Waals surface area contributed by atoms with Crippen molar-refractivity contribution in [1.29, 1.82) is 0 Å². The molecule has 1 aliphatic carbocycles. The van der Waals surface area contributed by atoms with Gasteiger partial charge in [-0.3, -0.25) is 4.79 Å². The fourth-order valence-corrected chi connectivity index (χ4v) is 3.04. The molecule has 0 radical (unpaired) electrons. The summed E-state index contributed by atoms with van der Waals surface area (Å²) in [5.41, 5.74) is 4.64. The number of rotatable bonds is 3. The summed E-state index contributed by atoms with van der Waals surface area (Å²) in [6.45, 7) is 0. The molecule has 1 aromatic heterocycles. The van der Waals surface area contributed by atoms with Crippen molar-refractivity contribution in [3.63, 3.8) is 0 Å². The second-order valence-electron chi connectivity index (χ2n) is 5.15. The van der Waals surface area contributed by atoms with Crippen LogP contribution in [0.3, 0.4) is 0 Å². The van der Waals surface area contributed by atoms with E-state index in [0.29, 0.717) is 0 Å². The van der Waals surface area contributed by atoms with E-state index in [0.717, 1.165) is 23.9 Å². The first-order valence-corrected chi connectivity index (χ1v) is 6.74. The number of carboxylic acid groups (broad SMARTS) is 1. The molecule has 0 fully saturated rings. The number of fused-ring (bicyclic) bond motifs is 3. The number of hydrogen-bond donors (Lipinski definition) is 3. The Morgan fingerprint density at radius 1 is 1.37 bits per heavy atom. The highest BCUT2D eigenvalue weighted by Gasteiger charge is 2.20. The van der Waals surface area contributed by atoms with Crippen LogP contribution in [0.2, 0.25) is 0 Å². The highest BCUT2D eigenvalue weighted by Crippen LogP contribution is 2.30. The quantitative estimate of drug-likeness (QED) is 0.792. The fourth-order valence-electron chi connectivity index (χ4n) is 3.04. The molecular formula is C15H18N2O2. The van der Waals surface area contributed by atoms with Gasteiger partial charge in [0.25, 0.3) is 0 Å². The van der Waals surface area contributed by atoms with E-state index >= 15 is 0 Å². The van der Waals surface area contributed by atoms with Gasteiger partial charge in [0.05, 0.1) is 0 Å². The zero-order valence-electron chi connectivity index (χ0n) is 11.0. The molecule has 100 valence electrons. The number of benzene rings is 1. The van der Waals surface area contributed by atoms with Crippen LogP contribution in [0.15, 0.2) is 18.2 Å². The maximum absolute atomic E-state index is 11.2. The maximum Gasteiger partial charge on any atom is 0.325 e. The summed E-state index contributed by atoms with van der Waals surface area (Å²) in [5.74, 6) is -0.841. The van der Waals surface area contributed by atoms with Gasteiger partial charge in [-0.25, -0.2) is 0 Å². The van der Waals surface area contributed by atoms with Crippen LogP contribution in [0.5, 0.6) is 0 Å². The van der Waals surface area contributed by atoms with E-state index in [2.05, 4.69) is 10.3 Å². The lowest BCUT2D eigenvalue weighted by molar-refractivity contribution is -0.139. The largest absolute Gasteiger partial charge is 0.480 e. The minimum Gasteiger partial charge on any atom is -0.480 e. The second kappa shape index (κ2) is 4.70. The normalized spacial score (nSPS) is 16.3. The molecule has 1 heterocycles. The van der Waals surface area contributed by atoms with Crippen molar-refractivity contribution < 1.29 is 9.90 Å². The number of likely N-dealkylation sites (N-methyl/N-ethyl adjacent to an activating group) is 1. The predicted octanol–water partition coefficient (Wildman–Crippen LogP) is 2.39. The van der Waals surface area contributed by atoms with E-state index in [4.69, 9.17) is 0 Å².